The lowest BCUT2D eigenvalue weighted by molar-refractivity contribution is 0.210. The molecule has 2 aromatic heterocycles. The second-order valence-electron chi connectivity index (χ2n) is 3.20. The Kier molecular flexibility index (Phi) is 4.05. The first kappa shape index (κ1) is 12.0. The van der Waals surface area contributed by atoms with E-state index in [9.17, 15) is 0 Å². The molecule has 0 aliphatic carbocycles. The van der Waals surface area contributed by atoms with Gasteiger partial charge in [-0.05, 0) is 28.1 Å². The third-order valence-corrected chi connectivity index (χ3v) is 2.43. The molecule has 2 heterocycles. The van der Waals surface area contributed by atoms with Crippen LogP contribution in [0.15, 0.2) is 27.3 Å². The first-order chi connectivity index (χ1) is 8.29. The highest BCUT2D eigenvalue weighted by molar-refractivity contribution is 9.10. The first-order valence-electron chi connectivity index (χ1n) is 4.98. The van der Waals surface area contributed by atoms with E-state index in [2.05, 4.69) is 36.4 Å². The van der Waals surface area contributed by atoms with E-state index in [4.69, 9.17) is 9.26 Å². The maximum Gasteiger partial charge on any atom is 0.321 e. The van der Waals surface area contributed by atoms with Gasteiger partial charge in [-0.25, -0.2) is 0 Å². The Bertz CT molecular complexity index is 471. The summed E-state index contributed by atoms with van der Waals surface area (Å²) in [6, 6.07) is 4.05. The van der Waals surface area contributed by atoms with Crippen LogP contribution in [0, 0.1) is 0 Å². The van der Waals surface area contributed by atoms with Crippen molar-refractivity contribution >= 4 is 21.9 Å². The quantitative estimate of drug-likeness (QED) is 0.851. The summed E-state index contributed by atoms with van der Waals surface area (Å²) >= 11 is 3.31. The number of halogens is 1. The van der Waals surface area contributed by atoms with Crippen molar-refractivity contribution < 1.29 is 9.26 Å². The van der Waals surface area contributed by atoms with Gasteiger partial charge in [0.2, 0.25) is 5.82 Å². The van der Waals surface area contributed by atoms with Crippen LogP contribution < -0.4 is 5.32 Å². The number of nitrogens with one attached hydrogen (secondary N) is 1. The highest BCUT2D eigenvalue weighted by atomic mass is 79.9. The second-order valence-corrected chi connectivity index (χ2v) is 4.12. The van der Waals surface area contributed by atoms with Gasteiger partial charge in [0.1, 0.15) is 5.69 Å². The van der Waals surface area contributed by atoms with Crippen LogP contribution in [0.1, 0.15) is 0 Å². The average molecular weight is 299 g/mol. The highest BCUT2D eigenvalue weighted by Gasteiger charge is 2.08. The molecular weight excluding hydrogens is 288 g/mol. The molecule has 0 spiro atoms. The zero-order chi connectivity index (χ0) is 12.1. The molecule has 2 aromatic rings. The number of aromatic nitrogens is 3. The molecule has 0 fully saturated rings. The molecule has 0 atom stereocenters. The van der Waals surface area contributed by atoms with Crippen LogP contribution >= 0.6 is 15.9 Å². The maximum absolute atomic E-state index is 5.02. The lowest BCUT2D eigenvalue weighted by atomic mass is 10.3. The third-order valence-electron chi connectivity index (χ3n) is 1.96. The van der Waals surface area contributed by atoms with Gasteiger partial charge in [0.05, 0.1) is 6.61 Å². The molecule has 0 saturated heterocycles. The van der Waals surface area contributed by atoms with Crippen molar-refractivity contribution in [1.29, 1.82) is 0 Å². The number of methoxy groups -OCH3 is 1. The Morgan fingerprint density at radius 3 is 3.06 bits per heavy atom. The van der Waals surface area contributed by atoms with Crippen molar-refractivity contribution in [3.05, 3.63) is 22.8 Å². The van der Waals surface area contributed by atoms with Gasteiger partial charge in [-0.1, -0.05) is 5.16 Å². The van der Waals surface area contributed by atoms with Gasteiger partial charge >= 0.3 is 6.01 Å². The van der Waals surface area contributed by atoms with Crippen molar-refractivity contribution in [3.63, 3.8) is 0 Å². The van der Waals surface area contributed by atoms with Gasteiger partial charge in [-0.3, -0.25) is 4.98 Å². The molecule has 0 radical (unpaired) electrons. The predicted octanol–water partition coefficient (Wildman–Crippen LogP) is 1.95. The Morgan fingerprint density at radius 2 is 2.35 bits per heavy atom. The molecule has 0 aliphatic heterocycles. The van der Waals surface area contributed by atoms with Crippen LogP contribution in [0.4, 0.5) is 6.01 Å². The highest BCUT2D eigenvalue weighted by Crippen LogP contribution is 2.17. The Labute approximate surface area is 107 Å². The summed E-state index contributed by atoms with van der Waals surface area (Å²) in [7, 11) is 1.63. The van der Waals surface area contributed by atoms with Gasteiger partial charge in [-0.2, -0.15) is 4.98 Å². The number of pyridine rings is 1. The predicted molar refractivity (Wildman–Crippen MR) is 65.6 cm³/mol. The van der Waals surface area contributed by atoms with Gasteiger partial charge in [0.15, 0.2) is 0 Å². The largest absolute Gasteiger partial charge is 0.383 e. The minimum atomic E-state index is 0.363. The van der Waals surface area contributed by atoms with E-state index in [1.54, 1.807) is 13.3 Å². The Hall–Kier alpha value is -1.47. The number of hydrogen-bond acceptors (Lipinski definition) is 6. The Morgan fingerprint density at radius 1 is 1.47 bits per heavy atom. The summed E-state index contributed by atoms with van der Waals surface area (Å²) in [6.07, 6.45) is 1.68. The van der Waals surface area contributed by atoms with Crippen LogP contribution in [0.3, 0.4) is 0 Å². The molecule has 7 heteroatoms. The monoisotopic (exact) mass is 298 g/mol. The summed E-state index contributed by atoms with van der Waals surface area (Å²) in [4.78, 5) is 8.33. The van der Waals surface area contributed by atoms with Crippen LogP contribution in [-0.2, 0) is 4.74 Å². The maximum atomic E-state index is 5.02. The van der Waals surface area contributed by atoms with E-state index < -0.39 is 0 Å². The van der Waals surface area contributed by atoms with Crippen molar-refractivity contribution in [2.75, 3.05) is 25.6 Å². The van der Waals surface area contributed by atoms with E-state index in [0.29, 0.717) is 30.7 Å². The van der Waals surface area contributed by atoms with Crippen LogP contribution in [0.5, 0.6) is 0 Å². The van der Waals surface area contributed by atoms with Crippen molar-refractivity contribution in [2.45, 2.75) is 0 Å². The molecule has 90 valence electrons. The standard InChI is InChI=1S/C10H11BrN4O2/c1-16-5-4-12-10-14-9(15-17-10)8-3-2-7(11)6-13-8/h2-3,6H,4-5H2,1H3,(H,12,14,15). The number of ether oxygens (including phenoxy) is 1. The van der Waals surface area contributed by atoms with Gasteiger partial charge < -0.3 is 14.6 Å². The fourth-order valence-corrected chi connectivity index (χ4v) is 1.40. The normalized spacial score (nSPS) is 10.5. The smallest absolute Gasteiger partial charge is 0.321 e. The molecule has 2 rings (SSSR count). The zero-order valence-electron chi connectivity index (χ0n) is 9.18. The van der Waals surface area contributed by atoms with Gasteiger partial charge in [0.25, 0.3) is 0 Å². The molecule has 0 aliphatic rings. The summed E-state index contributed by atoms with van der Waals surface area (Å²) in [5.41, 5.74) is 0.664. The van der Waals surface area contributed by atoms with Gasteiger partial charge in [-0.15, -0.1) is 0 Å². The molecule has 0 unspecified atom stereocenters. The van der Waals surface area contributed by atoms with E-state index in [1.807, 2.05) is 12.1 Å². The fourth-order valence-electron chi connectivity index (χ4n) is 1.17. The Balaban J connectivity index is 2.04. The van der Waals surface area contributed by atoms with Crippen LogP contribution in [-0.4, -0.2) is 35.4 Å². The second kappa shape index (κ2) is 5.74. The number of hydrogen-bond donors (Lipinski definition) is 1. The first-order valence-corrected chi connectivity index (χ1v) is 5.77. The van der Waals surface area contributed by atoms with Crippen molar-refractivity contribution in [3.8, 4) is 11.5 Å². The summed E-state index contributed by atoms with van der Waals surface area (Å²) in [5, 5.41) is 6.77. The topological polar surface area (TPSA) is 73.1 Å². The molecule has 17 heavy (non-hydrogen) atoms. The molecular formula is C10H11BrN4O2. The van der Waals surface area contributed by atoms with E-state index in [0.717, 1.165) is 4.47 Å². The lowest BCUT2D eigenvalue weighted by Crippen LogP contribution is -2.07. The number of rotatable bonds is 5. The minimum absolute atomic E-state index is 0.363. The lowest BCUT2D eigenvalue weighted by Gasteiger charge is -1.97. The van der Waals surface area contributed by atoms with E-state index in [1.165, 1.54) is 0 Å². The summed E-state index contributed by atoms with van der Waals surface area (Å²) < 4.78 is 10.8. The molecule has 0 aromatic carbocycles. The number of anilines is 1. The fraction of sp³-hybridized carbons (Fsp3) is 0.300. The molecule has 0 saturated carbocycles. The SMILES string of the molecule is COCCNc1nc(-c2ccc(Br)cn2)no1. The van der Waals surface area contributed by atoms with Gasteiger partial charge in [0, 0.05) is 24.3 Å². The van der Waals surface area contributed by atoms with Crippen molar-refractivity contribution in [1.82, 2.24) is 15.1 Å². The average Bonchev–Trinajstić information content (AvgIpc) is 2.79. The molecule has 0 amide bonds. The molecule has 0 bridgehead atoms. The van der Waals surface area contributed by atoms with Crippen LogP contribution in [0.2, 0.25) is 0 Å². The van der Waals surface area contributed by atoms with E-state index >= 15 is 0 Å². The third kappa shape index (κ3) is 3.24. The zero-order valence-corrected chi connectivity index (χ0v) is 10.8. The van der Waals surface area contributed by atoms with Crippen LogP contribution in [0.25, 0.3) is 11.5 Å². The van der Waals surface area contributed by atoms with E-state index in [-0.39, 0.29) is 0 Å². The molecule has 6 nitrogen and oxygen atoms in total. The minimum Gasteiger partial charge on any atom is -0.383 e. The molecule has 1 N–H and O–H groups in total. The van der Waals surface area contributed by atoms with Crippen molar-refractivity contribution in [2.24, 2.45) is 0 Å². The number of nitrogens with zero attached hydrogens (tertiary/aromatic N) is 3. The summed E-state index contributed by atoms with van der Waals surface area (Å²) in [5.74, 6) is 0.456. The summed E-state index contributed by atoms with van der Waals surface area (Å²) in [6.45, 7) is 1.19.